The van der Waals surface area contributed by atoms with E-state index < -0.39 is 6.04 Å². The van der Waals surface area contributed by atoms with Crippen LogP contribution in [0.2, 0.25) is 0 Å². The third-order valence-electron chi connectivity index (χ3n) is 6.47. The van der Waals surface area contributed by atoms with E-state index in [0.29, 0.717) is 44.7 Å². The van der Waals surface area contributed by atoms with Crippen LogP contribution >= 0.6 is 0 Å². The number of aromatic nitrogens is 1. The van der Waals surface area contributed by atoms with E-state index in [0.717, 1.165) is 16.5 Å². The number of para-hydroxylation sites is 1. The van der Waals surface area contributed by atoms with Gasteiger partial charge in [0.05, 0.1) is 6.04 Å². The molecule has 2 fully saturated rings. The molecule has 0 spiro atoms. The number of amides is 3. The number of aromatic amines is 1. The highest BCUT2D eigenvalue weighted by Gasteiger charge is 2.46. The number of H-pyrrole nitrogens is 1. The Hall–Kier alpha value is -2.83. The fraction of sp³-hybridized carbons (Fsp3) is 0.542. The molecule has 4 rings (SSSR count). The predicted octanol–water partition coefficient (Wildman–Crippen LogP) is 2.46. The normalized spacial score (nSPS) is 23.5. The van der Waals surface area contributed by atoms with Crippen molar-refractivity contribution in [2.45, 2.75) is 64.6 Å². The molecule has 7 nitrogen and oxygen atoms in total. The van der Waals surface area contributed by atoms with E-state index in [1.807, 2.05) is 34.2 Å². The molecule has 166 valence electrons. The number of carbonyl (C=O) groups is 3. The molecule has 2 N–H and O–H groups in total. The molecule has 0 saturated carbocycles. The van der Waals surface area contributed by atoms with Crippen LogP contribution in [0.5, 0.6) is 0 Å². The Kier molecular flexibility index (Phi) is 6.03. The molecule has 3 amide bonds. The van der Waals surface area contributed by atoms with Crippen LogP contribution < -0.4 is 5.32 Å². The number of hydrogen-bond donors (Lipinski definition) is 2. The van der Waals surface area contributed by atoms with Crippen LogP contribution in [0.1, 0.15) is 45.6 Å². The third kappa shape index (κ3) is 4.45. The number of fused-ring (bicyclic) bond motifs is 2. The van der Waals surface area contributed by atoms with E-state index in [1.165, 1.54) is 6.92 Å². The maximum atomic E-state index is 13.3. The summed E-state index contributed by atoms with van der Waals surface area (Å²) < 4.78 is 0. The molecule has 1 aromatic heterocycles. The van der Waals surface area contributed by atoms with E-state index in [1.54, 1.807) is 0 Å². The second-order valence-corrected chi connectivity index (χ2v) is 9.33. The number of benzene rings is 1. The highest BCUT2D eigenvalue weighted by molar-refractivity contribution is 5.90. The summed E-state index contributed by atoms with van der Waals surface area (Å²) in [5.74, 6) is 0.288. The van der Waals surface area contributed by atoms with Crippen molar-refractivity contribution in [2.75, 3.05) is 13.1 Å². The second kappa shape index (κ2) is 8.73. The molecular weight excluding hydrogens is 392 g/mol. The van der Waals surface area contributed by atoms with Gasteiger partial charge in [0, 0.05) is 49.6 Å². The van der Waals surface area contributed by atoms with Crippen molar-refractivity contribution in [2.24, 2.45) is 5.92 Å². The Morgan fingerprint density at radius 1 is 1.23 bits per heavy atom. The topological polar surface area (TPSA) is 85.5 Å². The second-order valence-electron chi connectivity index (χ2n) is 9.33. The van der Waals surface area contributed by atoms with Crippen molar-refractivity contribution in [3.63, 3.8) is 0 Å². The number of rotatable bonds is 6. The van der Waals surface area contributed by atoms with Crippen molar-refractivity contribution in [1.82, 2.24) is 20.1 Å². The number of nitrogens with zero attached hydrogens (tertiary/aromatic N) is 2. The standard InChI is InChI=1S/C24H32N4O3/c1-15(2)10-22-24(31)27-13-18(26-16(3)29)11-19(27)14-28(22)23(30)9-8-17-12-25-21-7-5-4-6-20(17)21/h4-7,12,15,18-19,22,25H,8-11,13-14H2,1-3H3,(H,26,29)/t18-,19-,22-/m0/s1. The van der Waals surface area contributed by atoms with E-state index >= 15 is 0 Å². The van der Waals surface area contributed by atoms with Gasteiger partial charge < -0.3 is 20.1 Å². The van der Waals surface area contributed by atoms with Gasteiger partial charge in [-0.2, -0.15) is 0 Å². The molecule has 0 bridgehead atoms. The summed E-state index contributed by atoms with van der Waals surface area (Å²) in [5, 5.41) is 4.08. The number of nitrogens with one attached hydrogen (secondary N) is 2. The van der Waals surface area contributed by atoms with Crippen LogP contribution in [0, 0.1) is 5.92 Å². The summed E-state index contributed by atoms with van der Waals surface area (Å²) in [6.45, 7) is 6.75. The van der Waals surface area contributed by atoms with Gasteiger partial charge in [-0.25, -0.2) is 0 Å². The van der Waals surface area contributed by atoms with Gasteiger partial charge in [0.15, 0.2) is 0 Å². The maximum Gasteiger partial charge on any atom is 0.245 e. The molecule has 0 unspecified atom stereocenters. The number of piperazine rings is 1. The van der Waals surface area contributed by atoms with Gasteiger partial charge in [0.25, 0.3) is 0 Å². The van der Waals surface area contributed by atoms with Crippen molar-refractivity contribution >= 4 is 28.6 Å². The number of hydrogen-bond acceptors (Lipinski definition) is 3. The van der Waals surface area contributed by atoms with Crippen LogP contribution in [0.15, 0.2) is 30.5 Å². The van der Waals surface area contributed by atoms with Gasteiger partial charge in [-0.1, -0.05) is 32.0 Å². The van der Waals surface area contributed by atoms with Crippen molar-refractivity contribution < 1.29 is 14.4 Å². The van der Waals surface area contributed by atoms with Crippen LogP contribution in [-0.4, -0.2) is 63.7 Å². The molecular formula is C24H32N4O3. The lowest BCUT2D eigenvalue weighted by Crippen LogP contribution is -2.61. The van der Waals surface area contributed by atoms with E-state index in [9.17, 15) is 14.4 Å². The molecule has 7 heteroatoms. The molecule has 2 saturated heterocycles. The molecule has 2 aliphatic heterocycles. The minimum absolute atomic E-state index is 0.0233. The Morgan fingerprint density at radius 3 is 2.74 bits per heavy atom. The average molecular weight is 425 g/mol. The highest BCUT2D eigenvalue weighted by Crippen LogP contribution is 2.30. The minimum atomic E-state index is -0.414. The summed E-state index contributed by atoms with van der Waals surface area (Å²) in [5.41, 5.74) is 2.20. The molecule has 31 heavy (non-hydrogen) atoms. The third-order valence-corrected chi connectivity index (χ3v) is 6.47. The first-order valence-corrected chi connectivity index (χ1v) is 11.3. The van der Waals surface area contributed by atoms with Crippen LogP contribution in [0.25, 0.3) is 10.9 Å². The monoisotopic (exact) mass is 424 g/mol. The molecule has 3 atom stereocenters. The first-order chi connectivity index (χ1) is 14.8. The van der Waals surface area contributed by atoms with Crippen LogP contribution in [0.4, 0.5) is 0 Å². The smallest absolute Gasteiger partial charge is 0.245 e. The quantitative estimate of drug-likeness (QED) is 0.747. The van der Waals surface area contributed by atoms with E-state index in [4.69, 9.17) is 0 Å². The van der Waals surface area contributed by atoms with Crippen molar-refractivity contribution in [1.29, 1.82) is 0 Å². The van der Waals surface area contributed by atoms with Gasteiger partial charge >= 0.3 is 0 Å². The zero-order chi connectivity index (χ0) is 22.1. The molecule has 1 aromatic carbocycles. The highest BCUT2D eigenvalue weighted by atomic mass is 16.2. The summed E-state index contributed by atoms with van der Waals surface area (Å²) >= 11 is 0. The molecule has 2 aliphatic rings. The molecule has 0 radical (unpaired) electrons. The molecule has 0 aliphatic carbocycles. The van der Waals surface area contributed by atoms with Gasteiger partial charge in [-0.05, 0) is 36.8 Å². The largest absolute Gasteiger partial charge is 0.361 e. The number of carbonyl (C=O) groups excluding carboxylic acids is 3. The van der Waals surface area contributed by atoms with Crippen molar-refractivity contribution in [3.05, 3.63) is 36.0 Å². The Balaban J connectivity index is 1.48. The zero-order valence-electron chi connectivity index (χ0n) is 18.6. The van der Waals surface area contributed by atoms with E-state index in [-0.39, 0.29) is 29.8 Å². The number of aryl methyl sites for hydroxylation is 1. The maximum absolute atomic E-state index is 13.3. The molecule has 2 aromatic rings. The Labute approximate surface area is 183 Å². The van der Waals surface area contributed by atoms with Crippen molar-refractivity contribution in [3.8, 4) is 0 Å². The summed E-state index contributed by atoms with van der Waals surface area (Å²) in [6, 6.07) is 7.62. The minimum Gasteiger partial charge on any atom is -0.361 e. The summed E-state index contributed by atoms with van der Waals surface area (Å²) in [7, 11) is 0. The first-order valence-electron chi connectivity index (χ1n) is 11.3. The Bertz CT molecular complexity index is 982. The predicted molar refractivity (Wildman–Crippen MR) is 119 cm³/mol. The fourth-order valence-electron chi connectivity index (χ4n) is 5.10. The fourth-order valence-corrected chi connectivity index (χ4v) is 5.10. The SMILES string of the molecule is CC(=O)N[C@H]1C[C@H]2CN(C(=O)CCc3c[nH]c4ccccc34)[C@@H](CC(C)C)C(=O)N2C1. The first kappa shape index (κ1) is 21.4. The lowest BCUT2D eigenvalue weighted by Gasteiger charge is -2.43. The lowest BCUT2D eigenvalue weighted by molar-refractivity contribution is -0.154. The van der Waals surface area contributed by atoms with Crippen LogP contribution in [0.3, 0.4) is 0 Å². The van der Waals surface area contributed by atoms with Gasteiger partial charge in [0.1, 0.15) is 6.04 Å². The van der Waals surface area contributed by atoms with Crippen LogP contribution in [-0.2, 0) is 20.8 Å². The van der Waals surface area contributed by atoms with E-state index in [2.05, 4.69) is 30.2 Å². The Morgan fingerprint density at radius 2 is 2.00 bits per heavy atom. The molecule has 3 heterocycles. The zero-order valence-corrected chi connectivity index (χ0v) is 18.6. The summed E-state index contributed by atoms with van der Waals surface area (Å²) in [6.07, 6.45) is 4.36. The van der Waals surface area contributed by atoms with Gasteiger partial charge in [0.2, 0.25) is 17.7 Å². The average Bonchev–Trinajstić information content (AvgIpc) is 3.31. The van der Waals surface area contributed by atoms with Gasteiger partial charge in [-0.15, -0.1) is 0 Å². The summed E-state index contributed by atoms with van der Waals surface area (Å²) in [4.78, 5) is 45.0. The van der Waals surface area contributed by atoms with Gasteiger partial charge in [-0.3, -0.25) is 14.4 Å². The lowest BCUT2D eigenvalue weighted by atomic mass is 9.96.